The molecular weight excluding hydrogens is 536 g/mol. The third-order valence-electron chi connectivity index (χ3n) is 8.73. The van der Waals surface area contributed by atoms with Crippen LogP contribution in [0.2, 0.25) is 0 Å². The summed E-state index contributed by atoms with van der Waals surface area (Å²) in [4.78, 5) is 21.3. The maximum atomic E-state index is 14.0. The van der Waals surface area contributed by atoms with Crippen molar-refractivity contribution in [3.63, 3.8) is 0 Å². The van der Waals surface area contributed by atoms with Crippen LogP contribution in [0.15, 0.2) is 48.7 Å². The van der Waals surface area contributed by atoms with Crippen molar-refractivity contribution in [2.24, 2.45) is 11.8 Å². The highest BCUT2D eigenvalue weighted by Crippen LogP contribution is 2.39. The first kappa shape index (κ1) is 29.5. The van der Waals surface area contributed by atoms with Crippen molar-refractivity contribution in [3.05, 3.63) is 59.8 Å². The summed E-state index contributed by atoms with van der Waals surface area (Å²) >= 11 is 1.44. The Hall–Kier alpha value is -2.94. The van der Waals surface area contributed by atoms with Crippen LogP contribution in [0.5, 0.6) is 10.9 Å². The lowest BCUT2D eigenvalue weighted by Crippen LogP contribution is -2.41. The average Bonchev–Trinajstić information content (AvgIpc) is 3.48. The van der Waals surface area contributed by atoms with E-state index in [9.17, 15) is 9.90 Å². The summed E-state index contributed by atoms with van der Waals surface area (Å²) in [5.41, 5.74) is 4.47. The molecule has 0 atom stereocenters. The first-order valence-electron chi connectivity index (χ1n) is 14.9. The number of carbonyl (C=O) groups excluding carboxylic acids is 1. The Morgan fingerprint density at radius 3 is 2.54 bits per heavy atom. The number of nitrogens with zero attached hydrogens (tertiary/aromatic N) is 2. The van der Waals surface area contributed by atoms with Gasteiger partial charge in [0, 0.05) is 24.3 Å². The van der Waals surface area contributed by atoms with Gasteiger partial charge in [0.25, 0.3) is 5.19 Å². The van der Waals surface area contributed by atoms with Crippen LogP contribution >= 0.6 is 11.3 Å². The normalized spacial score (nSPS) is 22.7. The Morgan fingerprint density at radius 1 is 1.05 bits per heavy atom. The molecule has 2 aliphatic carbocycles. The van der Waals surface area contributed by atoms with Gasteiger partial charge in [-0.15, -0.1) is 0 Å². The van der Waals surface area contributed by atoms with Gasteiger partial charge in [-0.3, -0.25) is 4.79 Å². The minimum atomic E-state index is -0.290. The molecule has 1 amide bonds. The SMILES string of the molecule is COc1ccc([C@H]2CC[C@H](CN(c3cccc(-c4cnc(OCCO)s4)c3)C(=O)[C@H]3CC[C@H](O)CC3)CC2)cc1C. The molecule has 2 saturated carbocycles. The van der Waals surface area contributed by atoms with E-state index in [4.69, 9.17) is 14.6 Å². The largest absolute Gasteiger partial charge is 0.496 e. The number of hydrogen-bond donors (Lipinski definition) is 2. The van der Waals surface area contributed by atoms with E-state index in [1.165, 1.54) is 22.5 Å². The van der Waals surface area contributed by atoms with E-state index >= 15 is 0 Å². The maximum Gasteiger partial charge on any atom is 0.273 e. The van der Waals surface area contributed by atoms with Gasteiger partial charge in [-0.2, -0.15) is 0 Å². The third-order valence-corrected chi connectivity index (χ3v) is 9.69. The van der Waals surface area contributed by atoms with Gasteiger partial charge in [-0.1, -0.05) is 35.6 Å². The fraction of sp³-hybridized carbons (Fsp3) is 0.515. The second-order valence-corrected chi connectivity index (χ2v) is 12.5. The highest BCUT2D eigenvalue weighted by molar-refractivity contribution is 7.16. The molecule has 0 aliphatic heterocycles. The first-order valence-corrected chi connectivity index (χ1v) is 15.7. The minimum Gasteiger partial charge on any atom is -0.496 e. The van der Waals surface area contributed by atoms with E-state index in [1.54, 1.807) is 13.3 Å². The lowest BCUT2D eigenvalue weighted by atomic mass is 9.78. The van der Waals surface area contributed by atoms with Crippen LogP contribution in [0.25, 0.3) is 10.4 Å². The number of thiazole rings is 1. The molecule has 0 unspecified atom stereocenters. The quantitative estimate of drug-likeness (QED) is 0.291. The zero-order valence-electron chi connectivity index (χ0n) is 24.1. The van der Waals surface area contributed by atoms with Crippen LogP contribution in [0.4, 0.5) is 5.69 Å². The van der Waals surface area contributed by atoms with E-state index in [2.05, 4.69) is 36.2 Å². The Morgan fingerprint density at radius 2 is 1.83 bits per heavy atom. The summed E-state index contributed by atoms with van der Waals surface area (Å²) in [6.45, 7) is 2.97. The fourth-order valence-corrected chi connectivity index (χ4v) is 7.16. The number of carbonyl (C=O) groups is 1. The number of rotatable bonds is 10. The Balaban J connectivity index is 1.32. The number of methoxy groups -OCH3 is 1. The molecule has 1 heterocycles. The average molecular weight is 579 g/mol. The number of benzene rings is 2. The van der Waals surface area contributed by atoms with Gasteiger partial charge in [0.15, 0.2) is 0 Å². The number of amides is 1. The van der Waals surface area contributed by atoms with Crippen molar-refractivity contribution >= 4 is 22.9 Å². The van der Waals surface area contributed by atoms with Crippen molar-refractivity contribution in [3.8, 4) is 21.4 Å². The van der Waals surface area contributed by atoms with Crippen LogP contribution in [0.1, 0.15) is 68.4 Å². The smallest absolute Gasteiger partial charge is 0.273 e. The maximum absolute atomic E-state index is 14.0. The number of anilines is 1. The van der Waals surface area contributed by atoms with E-state index < -0.39 is 0 Å². The van der Waals surface area contributed by atoms with E-state index in [0.717, 1.165) is 60.4 Å². The van der Waals surface area contributed by atoms with E-state index in [1.807, 2.05) is 23.1 Å². The second-order valence-electron chi connectivity index (χ2n) is 11.5. The molecule has 1 aromatic heterocycles. The molecule has 7 nitrogen and oxygen atoms in total. The zero-order chi connectivity index (χ0) is 28.8. The van der Waals surface area contributed by atoms with Crippen molar-refractivity contribution in [2.75, 3.05) is 31.8 Å². The molecule has 2 aromatic carbocycles. The number of aromatic nitrogens is 1. The van der Waals surface area contributed by atoms with Gasteiger partial charge in [0.1, 0.15) is 12.4 Å². The van der Waals surface area contributed by atoms with E-state index in [0.29, 0.717) is 36.4 Å². The van der Waals surface area contributed by atoms with Gasteiger partial charge < -0.3 is 24.6 Å². The summed E-state index contributed by atoms with van der Waals surface area (Å²) in [6.07, 6.45) is 8.75. The Bertz CT molecular complexity index is 1290. The summed E-state index contributed by atoms with van der Waals surface area (Å²) in [7, 11) is 1.72. The number of aryl methyl sites for hydroxylation is 1. The molecule has 2 N–H and O–H groups in total. The van der Waals surface area contributed by atoms with Crippen molar-refractivity contribution in [1.29, 1.82) is 0 Å². The molecule has 5 rings (SSSR count). The Kier molecular flexibility index (Phi) is 9.96. The number of ether oxygens (including phenoxy) is 2. The van der Waals surface area contributed by atoms with Crippen LogP contribution in [0, 0.1) is 18.8 Å². The van der Waals surface area contributed by atoms with Crippen LogP contribution in [-0.4, -0.2) is 54.1 Å². The standard InChI is InChI=1S/C33H42N2O5S/c1-22-18-26(12-15-30(22)39-2)24-8-6-23(7-9-24)21-35(32(38)25-10-13-29(37)14-11-25)28-5-3-4-27(19-28)31-20-34-33(41-31)40-17-16-36/h3-5,12,15,18-20,23-25,29,36-37H,6-11,13-14,16-17,21H2,1-2H3/t23-,24-,25-,29-. The fourth-order valence-electron chi connectivity index (χ4n) is 6.38. The zero-order valence-corrected chi connectivity index (χ0v) is 24.9. The highest BCUT2D eigenvalue weighted by atomic mass is 32.1. The molecule has 8 heteroatoms. The molecule has 2 fully saturated rings. The lowest BCUT2D eigenvalue weighted by molar-refractivity contribution is -0.124. The number of aliphatic hydroxyl groups is 2. The van der Waals surface area contributed by atoms with Crippen molar-refractivity contribution in [2.45, 2.75) is 70.3 Å². The molecule has 0 bridgehead atoms. The lowest BCUT2D eigenvalue weighted by Gasteiger charge is -2.36. The van der Waals surface area contributed by atoms with Crippen LogP contribution in [-0.2, 0) is 4.79 Å². The van der Waals surface area contributed by atoms with Crippen molar-refractivity contribution in [1.82, 2.24) is 4.98 Å². The van der Waals surface area contributed by atoms with Gasteiger partial charge >= 0.3 is 0 Å². The third kappa shape index (κ3) is 7.29. The van der Waals surface area contributed by atoms with Gasteiger partial charge in [-0.25, -0.2) is 4.98 Å². The molecule has 0 spiro atoms. The second kappa shape index (κ2) is 13.8. The summed E-state index contributed by atoms with van der Waals surface area (Å²) in [5, 5.41) is 19.6. The molecular formula is C33H42N2O5S. The topological polar surface area (TPSA) is 92.1 Å². The molecule has 220 valence electrons. The monoisotopic (exact) mass is 578 g/mol. The highest BCUT2D eigenvalue weighted by Gasteiger charge is 2.32. The summed E-state index contributed by atoms with van der Waals surface area (Å²) < 4.78 is 10.9. The predicted molar refractivity (Wildman–Crippen MR) is 163 cm³/mol. The summed E-state index contributed by atoms with van der Waals surface area (Å²) in [5.74, 6) is 2.04. The first-order chi connectivity index (χ1) is 19.9. The molecule has 2 aliphatic rings. The van der Waals surface area contributed by atoms with Crippen molar-refractivity contribution < 1.29 is 24.5 Å². The molecule has 0 radical (unpaired) electrons. The molecule has 0 saturated heterocycles. The molecule has 3 aromatic rings. The van der Waals surface area contributed by atoms with Gasteiger partial charge in [-0.05, 0) is 105 Å². The Labute approximate surface area is 247 Å². The predicted octanol–water partition coefficient (Wildman–Crippen LogP) is 6.36. The van der Waals surface area contributed by atoms with Crippen LogP contribution in [0.3, 0.4) is 0 Å². The van der Waals surface area contributed by atoms with Gasteiger partial charge in [0.05, 0.1) is 24.7 Å². The van der Waals surface area contributed by atoms with E-state index in [-0.39, 0.29) is 31.1 Å². The van der Waals surface area contributed by atoms with Crippen LogP contribution < -0.4 is 14.4 Å². The molecule has 41 heavy (non-hydrogen) atoms. The summed E-state index contributed by atoms with van der Waals surface area (Å²) in [6, 6.07) is 14.7. The number of aliphatic hydroxyl groups excluding tert-OH is 2. The van der Waals surface area contributed by atoms with Gasteiger partial charge in [0.2, 0.25) is 5.91 Å². The minimum absolute atomic E-state index is 0.0532. The number of hydrogen-bond acceptors (Lipinski definition) is 7.